The largest absolute Gasteiger partial charge is 0.294 e. The monoisotopic (exact) mass is 220 g/mol. The van der Waals surface area contributed by atoms with Gasteiger partial charge >= 0.3 is 0 Å². The van der Waals surface area contributed by atoms with Gasteiger partial charge in [-0.25, -0.2) is 4.39 Å². The third-order valence-corrected chi connectivity index (χ3v) is 3.50. The van der Waals surface area contributed by atoms with Gasteiger partial charge in [-0.3, -0.25) is 4.79 Å². The lowest BCUT2D eigenvalue weighted by molar-refractivity contribution is 0.0875. The molecule has 0 unspecified atom stereocenters. The first kappa shape index (κ1) is 11.3. The molecule has 1 aromatic rings. The minimum atomic E-state index is -0.324. The zero-order valence-corrected chi connectivity index (χ0v) is 9.58. The molecule has 0 radical (unpaired) electrons. The van der Waals surface area contributed by atoms with Crippen LogP contribution in [0.15, 0.2) is 24.3 Å². The van der Waals surface area contributed by atoms with Gasteiger partial charge in [-0.1, -0.05) is 31.9 Å². The Kier molecular flexibility index (Phi) is 3.37. The van der Waals surface area contributed by atoms with Crippen LogP contribution in [-0.2, 0) is 0 Å². The van der Waals surface area contributed by atoms with Crippen molar-refractivity contribution in [1.82, 2.24) is 0 Å². The van der Waals surface area contributed by atoms with Crippen molar-refractivity contribution in [2.24, 2.45) is 11.8 Å². The van der Waals surface area contributed by atoms with E-state index in [4.69, 9.17) is 0 Å². The molecule has 2 rings (SSSR count). The molecule has 16 heavy (non-hydrogen) atoms. The molecule has 0 heterocycles. The highest BCUT2D eigenvalue weighted by molar-refractivity contribution is 5.97. The van der Waals surface area contributed by atoms with Crippen molar-refractivity contribution < 1.29 is 9.18 Å². The number of ketones is 1. The number of carbonyl (C=O) groups excluding carboxylic acids is 1. The fourth-order valence-corrected chi connectivity index (χ4v) is 2.40. The summed E-state index contributed by atoms with van der Waals surface area (Å²) < 4.78 is 13.0. The number of rotatable bonds is 2. The lowest BCUT2D eigenvalue weighted by atomic mass is 9.79. The van der Waals surface area contributed by atoms with E-state index in [2.05, 4.69) is 6.92 Å². The Balaban J connectivity index is 2.08. The molecule has 0 N–H and O–H groups in total. The summed E-state index contributed by atoms with van der Waals surface area (Å²) in [7, 11) is 0. The van der Waals surface area contributed by atoms with Crippen LogP contribution < -0.4 is 0 Å². The van der Waals surface area contributed by atoms with Crippen LogP contribution in [0, 0.1) is 17.7 Å². The molecule has 2 heteroatoms. The number of Topliss-reactive ketones (excluding diaryl/α,β-unsaturated/α-hetero) is 1. The second-order valence-corrected chi connectivity index (χ2v) is 4.83. The Labute approximate surface area is 95.7 Å². The average molecular weight is 220 g/mol. The molecule has 0 aromatic heterocycles. The molecule has 0 spiro atoms. The van der Waals surface area contributed by atoms with Gasteiger partial charge in [0.1, 0.15) is 5.82 Å². The Bertz CT molecular complexity index is 378. The SMILES string of the molecule is CC1CCC(C(=O)c2cccc(F)c2)CC1. The highest BCUT2D eigenvalue weighted by atomic mass is 19.1. The van der Waals surface area contributed by atoms with Gasteiger partial charge < -0.3 is 0 Å². The normalized spacial score (nSPS) is 25.4. The van der Waals surface area contributed by atoms with Crippen molar-refractivity contribution in [2.45, 2.75) is 32.6 Å². The van der Waals surface area contributed by atoms with Crippen molar-refractivity contribution in [1.29, 1.82) is 0 Å². The molecule has 1 fully saturated rings. The molecule has 0 aliphatic heterocycles. The van der Waals surface area contributed by atoms with Crippen LogP contribution in [0.5, 0.6) is 0 Å². The zero-order valence-electron chi connectivity index (χ0n) is 9.58. The van der Waals surface area contributed by atoms with Gasteiger partial charge in [0.25, 0.3) is 0 Å². The Morgan fingerprint density at radius 2 is 1.94 bits per heavy atom. The summed E-state index contributed by atoms with van der Waals surface area (Å²) in [4.78, 5) is 12.1. The van der Waals surface area contributed by atoms with Gasteiger partial charge in [0.15, 0.2) is 5.78 Å². The number of benzene rings is 1. The Morgan fingerprint density at radius 3 is 2.56 bits per heavy atom. The third kappa shape index (κ3) is 2.49. The number of halogens is 1. The van der Waals surface area contributed by atoms with Gasteiger partial charge in [-0.2, -0.15) is 0 Å². The predicted octanol–water partition coefficient (Wildman–Crippen LogP) is 3.83. The predicted molar refractivity (Wildman–Crippen MR) is 61.9 cm³/mol. The van der Waals surface area contributed by atoms with Gasteiger partial charge in [0.2, 0.25) is 0 Å². The van der Waals surface area contributed by atoms with Crippen molar-refractivity contribution in [3.05, 3.63) is 35.6 Å². The molecule has 1 nitrogen and oxygen atoms in total. The van der Waals surface area contributed by atoms with E-state index in [1.807, 2.05) is 0 Å². The summed E-state index contributed by atoms with van der Waals surface area (Å²) in [5, 5.41) is 0. The van der Waals surface area contributed by atoms with E-state index >= 15 is 0 Å². The molecule has 1 aromatic carbocycles. The molecule has 1 aliphatic rings. The third-order valence-electron chi connectivity index (χ3n) is 3.50. The van der Waals surface area contributed by atoms with Crippen LogP contribution >= 0.6 is 0 Å². The maximum Gasteiger partial charge on any atom is 0.166 e. The molecule has 0 amide bonds. The summed E-state index contributed by atoms with van der Waals surface area (Å²) in [6, 6.07) is 6.04. The van der Waals surface area contributed by atoms with Crippen LogP contribution in [0.3, 0.4) is 0 Å². The van der Waals surface area contributed by atoms with E-state index in [0.29, 0.717) is 5.56 Å². The molecule has 86 valence electrons. The first-order valence-corrected chi connectivity index (χ1v) is 5.96. The van der Waals surface area contributed by atoms with Crippen LogP contribution in [0.1, 0.15) is 43.0 Å². The molecular weight excluding hydrogens is 203 g/mol. The standard InChI is InChI=1S/C14H17FO/c1-10-5-7-11(8-6-10)14(16)12-3-2-4-13(15)9-12/h2-4,9-11H,5-8H2,1H3. The van der Waals surface area contributed by atoms with E-state index < -0.39 is 0 Å². The van der Waals surface area contributed by atoms with Gasteiger partial charge in [-0.05, 0) is 30.9 Å². The zero-order chi connectivity index (χ0) is 11.5. The molecule has 0 saturated heterocycles. The molecule has 0 atom stereocenters. The maximum absolute atomic E-state index is 13.0. The average Bonchev–Trinajstić information content (AvgIpc) is 2.29. The van der Waals surface area contributed by atoms with Crippen molar-refractivity contribution >= 4 is 5.78 Å². The van der Waals surface area contributed by atoms with Crippen LogP contribution in [0.2, 0.25) is 0 Å². The summed E-state index contributed by atoms with van der Waals surface area (Å²) in [5.74, 6) is 0.635. The van der Waals surface area contributed by atoms with Gasteiger partial charge in [0.05, 0.1) is 0 Å². The maximum atomic E-state index is 13.0. The summed E-state index contributed by atoms with van der Waals surface area (Å²) in [6.07, 6.45) is 4.14. The fourth-order valence-electron chi connectivity index (χ4n) is 2.40. The lowest BCUT2D eigenvalue weighted by Gasteiger charge is -2.25. The number of hydrogen-bond donors (Lipinski definition) is 0. The summed E-state index contributed by atoms with van der Waals surface area (Å²) in [5.41, 5.74) is 0.527. The van der Waals surface area contributed by atoms with Crippen molar-refractivity contribution in [3.63, 3.8) is 0 Å². The minimum Gasteiger partial charge on any atom is -0.294 e. The Hall–Kier alpha value is -1.18. The van der Waals surface area contributed by atoms with E-state index in [0.717, 1.165) is 31.6 Å². The number of hydrogen-bond acceptors (Lipinski definition) is 1. The topological polar surface area (TPSA) is 17.1 Å². The second kappa shape index (κ2) is 4.77. The molecule has 1 aliphatic carbocycles. The van der Waals surface area contributed by atoms with E-state index in [9.17, 15) is 9.18 Å². The van der Waals surface area contributed by atoms with Crippen LogP contribution in [0.4, 0.5) is 4.39 Å². The molecule has 1 saturated carbocycles. The van der Waals surface area contributed by atoms with E-state index in [1.165, 1.54) is 12.1 Å². The first-order valence-electron chi connectivity index (χ1n) is 5.96. The van der Waals surface area contributed by atoms with Crippen LogP contribution in [-0.4, -0.2) is 5.78 Å². The smallest absolute Gasteiger partial charge is 0.166 e. The Morgan fingerprint density at radius 1 is 1.25 bits per heavy atom. The van der Waals surface area contributed by atoms with Gasteiger partial charge in [0, 0.05) is 11.5 Å². The van der Waals surface area contributed by atoms with Crippen LogP contribution in [0.25, 0.3) is 0 Å². The lowest BCUT2D eigenvalue weighted by Crippen LogP contribution is -2.21. The van der Waals surface area contributed by atoms with Crippen molar-refractivity contribution in [2.75, 3.05) is 0 Å². The highest BCUT2D eigenvalue weighted by Gasteiger charge is 2.25. The second-order valence-electron chi connectivity index (χ2n) is 4.83. The minimum absolute atomic E-state index is 0.109. The summed E-state index contributed by atoms with van der Waals surface area (Å²) in [6.45, 7) is 2.23. The first-order chi connectivity index (χ1) is 7.66. The fraction of sp³-hybridized carbons (Fsp3) is 0.500. The number of carbonyl (C=O) groups is 1. The summed E-state index contributed by atoms with van der Waals surface area (Å²) >= 11 is 0. The van der Waals surface area contributed by atoms with Gasteiger partial charge in [-0.15, -0.1) is 0 Å². The molecular formula is C14H17FO. The quantitative estimate of drug-likeness (QED) is 0.692. The highest BCUT2D eigenvalue weighted by Crippen LogP contribution is 2.30. The van der Waals surface area contributed by atoms with E-state index in [-0.39, 0.29) is 17.5 Å². The van der Waals surface area contributed by atoms with Crippen molar-refractivity contribution in [3.8, 4) is 0 Å². The van der Waals surface area contributed by atoms with E-state index in [1.54, 1.807) is 12.1 Å². The molecule has 0 bridgehead atoms.